The number of carbonyl (C=O) groups excluding carboxylic acids is 2. The Hall–Kier alpha value is -1.92. The molecule has 2 saturated heterocycles. The van der Waals surface area contributed by atoms with E-state index < -0.39 is 0 Å². The first-order chi connectivity index (χ1) is 14.0. The number of nitrogens with one attached hydrogen (secondary N) is 1. The first kappa shape index (κ1) is 21.8. The van der Waals surface area contributed by atoms with Crippen LogP contribution in [-0.2, 0) is 9.59 Å². The van der Waals surface area contributed by atoms with Gasteiger partial charge in [-0.1, -0.05) is 39.0 Å². The Labute approximate surface area is 175 Å². The molecule has 2 fully saturated rings. The van der Waals surface area contributed by atoms with E-state index in [1.807, 2.05) is 35.2 Å². The van der Waals surface area contributed by atoms with Gasteiger partial charge in [0.15, 0.2) is 0 Å². The van der Waals surface area contributed by atoms with Crippen LogP contribution >= 0.6 is 0 Å². The molecule has 2 aliphatic rings. The van der Waals surface area contributed by atoms with Crippen LogP contribution in [0.2, 0.25) is 0 Å². The lowest BCUT2D eigenvalue weighted by molar-refractivity contribution is -0.136. The molecule has 29 heavy (non-hydrogen) atoms. The van der Waals surface area contributed by atoms with Gasteiger partial charge in [-0.2, -0.15) is 0 Å². The summed E-state index contributed by atoms with van der Waals surface area (Å²) in [4.78, 5) is 32.0. The highest BCUT2D eigenvalue weighted by molar-refractivity contribution is 5.94. The lowest BCUT2D eigenvalue weighted by atomic mass is 9.92. The van der Waals surface area contributed by atoms with Gasteiger partial charge in [-0.15, -0.1) is 0 Å². The second kappa shape index (κ2) is 10.2. The largest absolute Gasteiger partial charge is 0.341 e. The zero-order chi connectivity index (χ0) is 20.8. The maximum atomic E-state index is 12.7. The summed E-state index contributed by atoms with van der Waals surface area (Å²) in [6.07, 6.45) is 1.99. The summed E-state index contributed by atoms with van der Waals surface area (Å²) in [5, 5.41) is 3.03. The van der Waals surface area contributed by atoms with E-state index in [4.69, 9.17) is 0 Å². The molecular weight excluding hydrogens is 364 g/mol. The molecule has 6 heteroatoms. The van der Waals surface area contributed by atoms with Crippen LogP contribution in [0.1, 0.15) is 33.6 Å². The van der Waals surface area contributed by atoms with Gasteiger partial charge in [0, 0.05) is 45.0 Å². The SMILES string of the molecule is CC[C@H](C(=O)Nc1ccccc1)N1CCN(CC(=O)N2C[C@H](C)C[C@H](C)C2)CC1. The van der Waals surface area contributed by atoms with E-state index in [0.29, 0.717) is 18.4 Å². The molecule has 2 amide bonds. The van der Waals surface area contributed by atoms with Gasteiger partial charge < -0.3 is 10.2 Å². The van der Waals surface area contributed by atoms with E-state index in [-0.39, 0.29) is 17.9 Å². The molecule has 0 bridgehead atoms. The van der Waals surface area contributed by atoms with Crippen molar-refractivity contribution in [2.75, 3.05) is 51.1 Å². The number of likely N-dealkylation sites (tertiary alicyclic amines) is 1. The van der Waals surface area contributed by atoms with Crippen LogP contribution < -0.4 is 5.32 Å². The van der Waals surface area contributed by atoms with E-state index in [1.165, 1.54) is 6.42 Å². The highest BCUT2D eigenvalue weighted by Gasteiger charge is 2.30. The summed E-state index contributed by atoms with van der Waals surface area (Å²) in [6.45, 7) is 12.1. The summed E-state index contributed by atoms with van der Waals surface area (Å²) in [5.41, 5.74) is 0.838. The number of nitrogens with zero attached hydrogens (tertiary/aromatic N) is 3. The van der Waals surface area contributed by atoms with Crippen molar-refractivity contribution in [2.45, 2.75) is 39.7 Å². The predicted octanol–water partition coefficient (Wildman–Crippen LogP) is 2.53. The number of hydrogen-bond donors (Lipinski definition) is 1. The van der Waals surface area contributed by atoms with Gasteiger partial charge >= 0.3 is 0 Å². The molecule has 0 aromatic heterocycles. The van der Waals surface area contributed by atoms with E-state index in [1.54, 1.807) is 0 Å². The van der Waals surface area contributed by atoms with E-state index >= 15 is 0 Å². The molecule has 0 unspecified atom stereocenters. The highest BCUT2D eigenvalue weighted by atomic mass is 16.2. The first-order valence-electron chi connectivity index (χ1n) is 11.1. The Kier molecular flexibility index (Phi) is 7.67. The van der Waals surface area contributed by atoms with E-state index in [2.05, 4.69) is 35.9 Å². The number of para-hydroxylation sites is 1. The van der Waals surface area contributed by atoms with Crippen molar-refractivity contribution in [2.24, 2.45) is 11.8 Å². The Bertz CT molecular complexity index is 663. The normalized spacial score (nSPS) is 24.9. The molecule has 0 aliphatic carbocycles. The topological polar surface area (TPSA) is 55.9 Å². The third-order valence-electron chi connectivity index (χ3n) is 6.16. The molecule has 1 aromatic rings. The second-order valence-corrected chi connectivity index (χ2v) is 8.84. The quantitative estimate of drug-likeness (QED) is 0.797. The van der Waals surface area contributed by atoms with Gasteiger partial charge in [0.2, 0.25) is 11.8 Å². The minimum Gasteiger partial charge on any atom is -0.341 e. The van der Waals surface area contributed by atoms with Crippen molar-refractivity contribution >= 4 is 17.5 Å². The lowest BCUT2D eigenvalue weighted by Crippen LogP contribution is -2.55. The molecular formula is C23H36N4O2. The van der Waals surface area contributed by atoms with Gasteiger partial charge in [-0.3, -0.25) is 19.4 Å². The maximum absolute atomic E-state index is 12.7. The van der Waals surface area contributed by atoms with Gasteiger partial charge in [0.05, 0.1) is 12.6 Å². The minimum atomic E-state index is -0.128. The fourth-order valence-corrected chi connectivity index (χ4v) is 4.75. The predicted molar refractivity (Wildman–Crippen MR) is 117 cm³/mol. The summed E-state index contributed by atoms with van der Waals surface area (Å²) < 4.78 is 0. The molecule has 0 spiro atoms. The molecule has 160 valence electrons. The van der Waals surface area contributed by atoms with E-state index in [9.17, 15) is 9.59 Å². The Balaban J connectivity index is 1.47. The van der Waals surface area contributed by atoms with Crippen molar-refractivity contribution in [3.05, 3.63) is 30.3 Å². The third kappa shape index (κ3) is 6.03. The van der Waals surface area contributed by atoms with Gasteiger partial charge in [-0.25, -0.2) is 0 Å². The van der Waals surface area contributed by atoms with Gasteiger partial charge in [0.25, 0.3) is 0 Å². The summed E-state index contributed by atoms with van der Waals surface area (Å²) in [7, 11) is 0. The monoisotopic (exact) mass is 400 g/mol. The average molecular weight is 401 g/mol. The average Bonchev–Trinajstić information content (AvgIpc) is 2.70. The Morgan fingerprint density at radius 3 is 2.24 bits per heavy atom. The molecule has 1 aromatic carbocycles. The van der Waals surface area contributed by atoms with Crippen LogP contribution in [0.3, 0.4) is 0 Å². The number of piperazine rings is 1. The minimum absolute atomic E-state index is 0.0551. The number of piperidine rings is 1. The van der Waals surface area contributed by atoms with Gasteiger partial charge in [0.1, 0.15) is 0 Å². The summed E-state index contributed by atoms with van der Waals surface area (Å²) in [6, 6.07) is 9.50. The Morgan fingerprint density at radius 1 is 1.03 bits per heavy atom. The molecule has 1 N–H and O–H groups in total. The molecule has 3 rings (SSSR count). The van der Waals surface area contributed by atoms with Crippen LogP contribution in [-0.4, -0.2) is 78.4 Å². The fraction of sp³-hybridized carbons (Fsp3) is 0.652. The zero-order valence-corrected chi connectivity index (χ0v) is 18.1. The van der Waals surface area contributed by atoms with Crippen LogP contribution in [0.4, 0.5) is 5.69 Å². The van der Waals surface area contributed by atoms with Crippen molar-refractivity contribution < 1.29 is 9.59 Å². The molecule has 2 heterocycles. The lowest BCUT2D eigenvalue weighted by Gasteiger charge is -2.40. The fourth-order valence-electron chi connectivity index (χ4n) is 4.75. The molecule has 0 saturated carbocycles. The molecule has 2 aliphatic heterocycles. The Morgan fingerprint density at radius 2 is 1.66 bits per heavy atom. The summed E-state index contributed by atoms with van der Waals surface area (Å²) >= 11 is 0. The number of amides is 2. The van der Waals surface area contributed by atoms with Gasteiger partial charge in [-0.05, 0) is 36.8 Å². The zero-order valence-electron chi connectivity index (χ0n) is 18.1. The summed E-state index contributed by atoms with van der Waals surface area (Å²) in [5.74, 6) is 1.49. The highest BCUT2D eigenvalue weighted by Crippen LogP contribution is 2.21. The van der Waals surface area contributed by atoms with Crippen LogP contribution in [0.5, 0.6) is 0 Å². The van der Waals surface area contributed by atoms with Crippen molar-refractivity contribution in [3.8, 4) is 0 Å². The number of hydrogen-bond acceptors (Lipinski definition) is 4. The standard InChI is InChI=1S/C23H36N4O2/c1-4-21(23(29)24-20-8-6-5-7-9-20)26-12-10-25(11-13-26)17-22(28)27-15-18(2)14-19(3)16-27/h5-9,18-19,21H,4,10-17H2,1-3H3,(H,24,29)/t18-,19+,21-/m1/s1. The third-order valence-corrected chi connectivity index (χ3v) is 6.16. The molecule has 3 atom stereocenters. The van der Waals surface area contributed by atoms with Crippen LogP contribution in [0.25, 0.3) is 0 Å². The number of carbonyl (C=O) groups is 2. The number of rotatable bonds is 6. The smallest absolute Gasteiger partial charge is 0.241 e. The maximum Gasteiger partial charge on any atom is 0.241 e. The molecule has 6 nitrogen and oxygen atoms in total. The van der Waals surface area contributed by atoms with Crippen LogP contribution in [0.15, 0.2) is 30.3 Å². The van der Waals surface area contributed by atoms with Crippen molar-refractivity contribution in [1.82, 2.24) is 14.7 Å². The van der Waals surface area contributed by atoms with Crippen molar-refractivity contribution in [3.63, 3.8) is 0 Å². The number of anilines is 1. The van der Waals surface area contributed by atoms with Crippen LogP contribution in [0, 0.1) is 11.8 Å². The van der Waals surface area contributed by atoms with E-state index in [0.717, 1.165) is 51.4 Å². The second-order valence-electron chi connectivity index (χ2n) is 8.84. The first-order valence-corrected chi connectivity index (χ1v) is 11.1. The number of benzene rings is 1. The molecule has 0 radical (unpaired) electrons. The van der Waals surface area contributed by atoms with Crippen molar-refractivity contribution in [1.29, 1.82) is 0 Å².